The zero-order valence-electron chi connectivity index (χ0n) is 29.5. The third kappa shape index (κ3) is 4.56. The van der Waals surface area contributed by atoms with E-state index in [1.807, 2.05) is 24.5 Å². The lowest BCUT2D eigenvalue weighted by molar-refractivity contribution is 0.431. The van der Waals surface area contributed by atoms with E-state index < -0.39 is 5.41 Å². The van der Waals surface area contributed by atoms with Crippen molar-refractivity contribution in [2.75, 3.05) is 0 Å². The highest BCUT2D eigenvalue weighted by atomic mass is 16.5. The van der Waals surface area contributed by atoms with Crippen molar-refractivity contribution in [2.45, 2.75) is 57.8 Å². The van der Waals surface area contributed by atoms with Gasteiger partial charge in [-0.3, -0.25) is 9.97 Å². The molecule has 1 aliphatic rings. The second-order valence-corrected chi connectivity index (χ2v) is 15.9. The lowest BCUT2D eigenvalue weighted by Gasteiger charge is -2.43. The minimum absolute atomic E-state index is 0.0681. The van der Waals surface area contributed by atoms with Crippen molar-refractivity contribution in [1.82, 2.24) is 9.97 Å². The largest absolute Gasteiger partial charge is 0.457 e. The van der Waals surface area contributed by atoms with Crippen LogP contribution >= 0.6 is 0 Å². The number of hydrogen-bond donors (Lipinski definition) is 0. The number of benzene rings is 6. The highest BCUT2D eigenvalue weighted by molar-refractivity contribution is 6.07. The van der Waals surface area contributed by atoms with Gasteiger partial charge in [-0.1, -0.05) is 114 Å². The SMILES string of the molecule is CC(C)(C)c1ccc2c(c1)C(c1ccc3ccc4cccnc4c3c1)(c1ccc3ccc4cccnc4c3c1)c1cc(C(C)(C)C)ccc1O2. The van der Waals surface area contributed by atoms with Gasteiger partial charge in [-0.25, -0.2) is 0 Å². The van der Waals surface area contributed by atoms with E-state index in [2.05, 4.69) is 151 Å². The Morgan fingerprint density at radius 1 is 0.460 bits per heavy atom. The maximum atomic E-state index is 6.90. The van der Waals surface area contributed by atoms with Crippen molar-refractivity contribution in [2.24, 2.45) is 0 Å². The van der Waals surface area contributed by atoms with Crippen LogP contribution < -0.4 is 4.74 Å². The van der Waals surface area contributed by atoms with Crippen molar-refractivity contribution >= 4 is 43.4 Å². The van der Waals surface area contributed by atoms with Gasteiger partial charge in [-0.05, 0) is 92.4 Å². The summed E-state index contributed by atoms with van der Waals surface area (Å²) < 4.78 is 6.90. The van der Waals surface area contributed by atoms with Crippen molar-refractivity contribution in [3.63, 3.8) is 0 Å². The van der Waals surface area contributed by atoms with E-state index in [4.69, 9.17) is 14.7 Å². The van der Waals surface area contributed by atoms with E-state index in [1.54, 1.807) is 0 Å². The van der Waals surface area contributed by atoms with Crippen LogP contribution in [-0.2, 0) is 16.2 Å². The Morgan fingerprint density at radius 2 is 0.880 bits per heavy atom. The number of rotatable bonds is 2. The molecule has 244 valence electrons. The lowest BCUT2D eigenvalue weighted by atomic mass is 9.62. The van der Waals surface area contributed by atoms with Crippen molar-refractivity contribution in [1.29, 1.82) is 0 Å². The van der Waals surface area contributed by atoms with Crippen molar-refractivity contribution in [3.8, 4) is 11.5 Å². The molecule has 1 aliphatic heterocycles. The molecule has 0 unspecified atom stereocenters. The first-order valence-electron chi connectivity index (χ1n) is 17.6. The van der Waals surface area contributed by atoms with Gasteiger partial charge in [0.25, 0.3) is 0 Å². The smallest absolute Gasteiger partial charge is 0.132 e. The topological polar surface area (TPSA) is 35.0 Å². The quantitative estimate of drug-likeness (QED) is 0.175. The average Bonchev–Trinajstić information content (AvgIpc) is 3.12. The molecule has 0 amide bonds. The van der Waals surface area contributed by atoms with Gasteiger partial charge < -0.3 is 4.74 Å². The molecule has 0 N–H and O–H groups in total. The summed E-state index contributed by atoms with van der Waals surface area (Å²) in [6.45, 7) is 13.7. The van der Waals surface area contributed by atoms with Crippen molar-refractivity contribution < 1.29 is 4.74 Å². The van der Waals surface area contributed by atoms with Crippen LogP contribution in [0.25, 0.3) is 43.4 Å². The number of hydrogen-bond acceptors (Lipinski definition) is 3. The molecule has 0 bridgehead atoms. The summed E-state index contributed by atoms with van der Waals surface area (Å²) in [5, 5.41) is 6.88. The van der Waals surface area contributed by atoms with Gasteiger partial charge in [0.05, 0.1) is 16.4 Å². The summed E-state index contributed by atoms with van der Waals surface area (Å²) in [6, 6.07) is 44.7. The van der Waals surface area contributed by atoms with Gasteiger partial charge in [0.1, 0.15) is 11.5 Å². The zero-order chi connectivity index (χ0) is 34.4. The van der Waals surface area contributed by atoms with Crippen LogP contribution in [0.5, 0.6) is 11.5 Å². The number of nitrogens with zero attached hydrogens (tertiary/aromatic N) is 2. The molecule has 6 aromatic carbocycles. The van der Waals surface area contributed by atoms with E-state index in [0.717, 1.165) is 55.2 Å². The minimum Gasteiger partial charge on any atom is -0.457 e. The highest BCUT2D eigenvalue weighted by Gasteiger charge is 2.46. The molecule has 0 fully saturated rings. The molecule has 0 radical (unpaired) electrons. The third-order valence-corrected chi connectivity index (χ3v) is 10.8. The Balaban J connectivity index is 1.49. The second kappa shape index (κ2) is 10.7. The molecule has 3 heteroatoms. The van der Waals surface area contributed by atoms with Gasteiger partial charge in [0.15, 0.2) is 0 Å². The molecule has 0 atom stereocenters. The summed E-state index contributed by atoms with van der Waals surface area (Å²) in [5.74, 6) is 1.75. The number of fused-ring (bicyclic) bond motifs is 8. The summed E-state index contributed by atoms with van der Waals surface area (Å²) in [4.78, 5) is 9.83. The van der Waals surface area contributed by atoms with E-state index in [9.17, 15) is 0 Å². The predicted octanol–water partition coefficient (Wildman–Crippen LogP) is 12.2. The number of ether oxygens (including phenoxy) is 1. The Bertz CT molecular complexity index is 2470. The number of pyridine rings is 2. The number of aromatic nitrogens is 2. The van der Waals surface area contributed by atoms with E-state index >= 15 is 0 Å². The fourth-order valence-corrected chi connectivity index (χ4v) is 8.00. The molecule has 3 heterocycles. The van der Waals surface area contributed by atoms with E-state index in [0.29, 0.717) is 0 Å². The first-order valence-corrected chi connectivity index (χ1v) is 17.6. The van der Waals surface area contributed by atoms with Crippen LogP contribution in [0, 0.1) is 0 Å². The van der Waals surface area contributed by atoms with Crippen molar-refractivity contribution in [3.05, 3.63) is 167 Å². The Morgan fingerprint density at radius 3 is 1.32 bits per heavy atom. The van der Waals surface area contributed by atoms with E-state index in [1.165, 1.54) is 33.0 Å². The normalized spacial score (nSPS) is 14.1. The molecule has 8 aromatic rings. The van der Waals surface area contributed by atoms with Gasteiger partial charge in [0, 0.05) is 45.1 Å². The standard InChI is InChI=1S/C47H40N2O/c1-45(2,3)33-19-21-41-39(27-33)47(40-28-34(46(4,5)6)20-22-42(40)50-41,35-17-15-29-11-13-31-9-7-23-48-43(31)37(29)25-35)36-18-16-30-12-14-32-10-8-24-49-44(32)38(30)26-36/h7-28H,1-6H3. The van der Waals surface area contributed by atoms with Crippen LogP contribution in [0.2, 0.25) is 0 Å². The maximum Gasteiger partial charge on any atom is 0.132 e. The predicted molar refractivity (Wildman–Crippen MR) is 208 cm³/mol. The molecule has 3 nitrogen and oxygen atoms in total. The van der Waals surface area contributed by atoms with Gasteiger partial charge >= 0.3 is 0 Å². The van der Waals surface area contributed by atoms with E-state index in [-0.39, 0.29) is 10.8 Å². The molecule has 50 heavy (non-hydrogen) atoms. The maximum absolute atomic E-state index is 6.90. The Hall–Kier alpha value is -5.54. The Kier molecular flexibility index (Phi) is 6.55. The fraction of sp³-hybridized carbons (Fsp3) is 0.191. The van der Waals surface area contributed by atoms with Crippen LogP contribution in [0.15, 0.2) is 134 Å². The monoisotopic (exact) mass is 648 g/mol. The first-order chi connectivity index (χ1) is 24.0. The third-order valence-electron chi connectivity index (χ3n) is 10.8. The molecular weight excluding hydrogens is 609 g/mol. The molecule has 0 saturated carbocycles. The summed E-state index contributed by atoms with van der Waals surface area (Å²) in [6.07, 6.45) is 3.80. The van der Waals surface area contributed by atoms with Crippen LogP contribution in [-0.4, -0.2) is 9.97 Å². The summed E-state index contributed by atoms with van der Waals surface area (Å²) >= 11 is 0. The molecule has 0 spiro atoms. The van der Waals surface area contributed by atoms with Gasteiger partial charge in [-0.15, -0.1) is 0 Å². The van der Waals surface area contributed by atoms with Gasteiger partial charge in [0.2, 0.25) is 0 Å². The highest BCUT2D eigenvalue weighted by Crippen LogP contribution is 2.57. The molecule has 9 rings (SSSR count). The Labute approximate surface area is 293 Å². The molecular formula is C47H40N2O. The summed E-state index contributed by atoms with van der Waals surface area (Å²) in [5.41, 5.74) is 8.33. The van der Waals surface area contributed by atoms with Crippen LogP contribution in [0.4, 0.5) is 0 Å². The average molecular weight is 649 g/mol. The minimum atomic E-state index is -0.721. The van der Waals surface area contributed by atoms with Gasteiger partial charge in [-0.2, -0.15) is 0 Å². The second-order valence-electron chi connectivity index (χ2n) is 15.9. The first kappa shape index (κ1) is 30.5. The zero-order valence-corrected chi connectivity index (χ0v) is 29.5. The fourth-order valence-electron chi connectivity index (χ4n) is 8.00. The summed E-state index contributed by atoms with van der Waals surface area (Å²) in [7, 11) is 0. The van der Waals surface area contributed by atoms with Crippen LogP contribution in [0.3, 0.4) is 0 Å². The van der Waals surface area contributed by atoms with Crippen LogP contribution in [0.1, 0.15) is 74.9 Å². The lowest BCUT2D eigenvalue weighted by Crippen LogP contribution is -2.35. The molecule has 0 aliphatic carbocycles. The molecule has 2 aromatic heterocycles. The molecule has 0 saturated heterocycles.